The van der Waals surface area contributed by atoms with Gasteiger partial charge in [-0.3, -0.25) is 4.40 Å². The maximum Gasteiger partial charge on any atom is 0.207 e. The third-order valence-corrected chi connectivity index (χ3v) is 2.94. The molecule has 2 nitrogen and oxygen atoms in total. The van der Waals surface area contributed by atoms with E-state index in [9.17, 15) is 0 Å². The normalized spacial score (nSPS) is 11.1. The van der Waals surface area contributed by atoms with Crippen LogP contribution >= 0.6 is 23.4 Å². The predicted octanol–water partition coefficient (Wildman–Crippen LogP) is 3.16. The summed E-state index contributed by atoms with van der Waals surface area (Å²) in [6.45, 7) is 2.07. The largest absolute Gasteiger partial charge is 0.290 e. The molecular weight excluding hydrogens is 216 g/mol. The Bertz CT molecular complexity index is 464. The van der Waals surface area contributed by atoms with Crippen LogP contribution in [0.1, 0.15) is 11.3 Å². The molecular formula is C10H11ClN2S. The van der Waals surface area contributed by atoms with E-state index in [4.69, 9.17) is 11.6 Å². The molecule has 0 aliphatic heterocycles. The van der Waals surface area contributed by atoms with Crippen LogP contribution in [-0.2, 0) is 5.75 Å². The molecule has 2 heterocycles. The van der Waals surface area contributed by atoms with Gasteiger partial charge in [0.15, 0.2) is 0 Å². The third kappa shape index (κ3) is 1.62. The predicted molar refractivity (Wildman–Crippen MR) is 62.2 cm³/mol. The van der Waals surface area contributed by atoms with Crippen LogP contribution in [0.2, 0.25) is 5.28 Å². The number of fused-ring (bicyclic) bond motifs is 1. The Morgan fingerprint density at radius 3 is 3.07 bits per heavy atom. The highest BCUT2D eigenvalue weighted by Gasteiger charge is 2.08. The van der Waals surface area contributed by atoms with Crippen molar-refractivity contribution in [2.24, 2.45) is 0 Å². The quantitative estimate of drug-likeness (QED) is 0.783. The zero-order valence-electron chi connectivity index (χ0n) is 8.12. The molecule has 2 aromatic heterocycles. The number of rotatable bonds is 2. The Morgan fingerprint density at radius 2 is 2.36 bits per heavy atom. The van der Waals surface area contributed by atoms with E-state index in [0.29, 0.717) is 5.28 Å². The van der Waals surface area contributed by atoms with Crippen LogP contribution in [0, 0.1) is 6.92 Å². The lowest BCUT2D eigenvalue weighted by Crippen LogP contribution is -1.85. The minimum absolute atomic E-state index is 0.545. The number of halogens is 1. The average molecular weight is 227 g/mol. The molecule has 0 N–H and O–H groups in total. The van der Waals surface area contributed by atoms with Gasteiger partial charge in [-0.15, -0.1) is 0 Å². The number of thioether (sulfide) groups is 1. The zero-order chi connectivity index (χ0) is 10.1. The van der Waals surface area contributed by atoms with E-state index in [1.807, 2.05) is 16.7 Å². The summed E-state index contributed by atoms with van der Waals surface area (Å²) in [4.78, 5) is 4.33. The molecule has 2 aromatic rings. The van der Waals surface area contributed by atoms with E-state index < -0.39 is 0 Å². The highest BCUT2D eigenvalue weighted by Crippen LogP contribution is 2.21. The lowest BCUT2D eigenvalue weighted by atomic mass is 10.2. The van der Waals surface area contributed by atoms with Gasteiger partial charge in [-0.05, 0) is 42.5 Å². The second kappa shape index (κ2) is 3.83. The van der Waals surface area contributed by atoms with Crippen LogP contribution in [0.5, 0.6) is 0 Å². The highest BCUT2D eigenvalue weighted by molar-refractivity contribution is 7.97. The first-order valence-electron chi connectivity index (χ1n) is 4.34. The SMILES string of the molecule is CSCc1nc(Cl)n2ccc(C)cc12. The van der Waals surface area contributed by atoms with Crippen molar-refractivity contribution in [2.45, 2.75) is 12.7 Å². The minimum Gasteiger partial charge on any atom is -0.290 e. The molecule has 74 valence electrons. The Labute approximate surface area is 92.3 Å². The molecule has 14 heavy (non-hydrogen) atoms. The van der Waals surface area contributed by atoms with Crippen LogP contribution in [-0.4, -0.2) is 15.6 Å². The minimum atomic E-state index is 0.545. The fourth-order valence-corrected chi connectivity index (χ4v) is 2.19. The molecule has 0 unspecified atom stereocenters. The van der Waals surface area contributed by atoms with Gasteiger partial charge < -0.3 is 0 Å². The van der Waals surface area contributed by atoms with Crippen molar-refractivity contribution in [3.63, 3.8) is 0 Å². The third-order valence-electron chi connectivity index (χ3n) is 2.11. The molecule has 0 amide bonds. The Kier molecular flexibility index (Phi) is 2.70. The second-order valence-corrected chi connectivity index (χ2v) is 4.42. The van der Waals surface area contributed by atoms with Gasteiger partial charge in [0.2, 0.25) is 5.28 Å². The molecule has 0 aliphatic rings. The number of nitrogens with zero attached hydrogens (tertiary/aromatic N) is 2. The summed E-state index contributed by atoms with van der Waals surface area (Å²) in [7, 11) is 0. The van der Waals surface area contributed by atoms with Gasteiger partial charge in [0.05, 0.1) is 11.2 Å². The number of hydrogen-bond donors (Lipinski definition) is 0. The molecule has 0 aliphatic carbocycles. The number of aromatic nitrogens is 2. The summed E-state index contributed by atoms with van der Waals surface area (Å²) in [5.74, 6) is 0.902. The summed E-state index contributed by atoms with van der Waals surface area (Å²) in [5, 5.41) is 0.545. The van der Waals surface area contributed by atoms with E-state index in [2.05, 4.69) is 24.2 Å². The van der Waals surface area contributed by atoms with Crippen molar-refractivity contribution in [3.05, 3.63) is 34.9 Å². The van der Waals surface area contributed by atoms with Crippen molar-refractivity contribution >= 4 is 28.9 Å². The Morgan fingerprint density at radius 1 is 1.57 bits per heavy atom. The van der Waals surface area contributed by atoms with Crippen LogP contribution in [0.25, 0.3) is 5.52 Å². The van der Waals surface area contributed by atoms with Gasteiger partial charge in [0.1, 0.15) is 0 Å². The van der Waals surface area contributed by atoms with Gasteiger partial charge in [0, 0.05) is 11.9 Å². The lowest BCUT2D eigenvalue weighted by molar-refractivity contribution is 1.14. The Balaban J connectivity index is 2.66. The molecule has 4 heteroatoms. The maximum atomic E-state index is 6.01. The van der Waals surface area contributed by atoms with Crippen molar-refractivity contribution < 1.29 is 0 Å². The standard InChI is InChI=1S/C10H11ClN2S/c1-7-3-4-13-9(5-7)8(6-14-2)12-10(13)11/h3-5H,6H2,1-2H3. The summed E-state index contributed by atoms with van der Waals surface area (Å²) >= 11 is 7.76. The van der Waals surface area contributed by atoms with Gasteiger partial charge in [-0.2, -0.15) is 11.8 Å². The average Bonchev–Trinajstić information content (AvgIpc) is 2.44. The first-order chi connectivity index (χ1) is 6.72. The van der Waals surface area contributed by atoms with Crippen LogP contribution < -0.4 is 0 Å². The fourth-order valence-electron chi connectivity index (χ4n) is 1.45. The van der Waals surface area contributed by atoms with Gasteiger partial charge in [-0.1, -0.05) is 0 Å². The van der Waals surface area contributed by atoms with Crippen LogP contribution in [0.15, 0.2) is 18.3 Å². The van der Waals surface area contributed by atoms with Crippen molar-refractivity contribution in [1.82, 2.24) is 9.38 Å². The summed E-state index contributed by atoms with van der Waals surface area (Å²) < 4.78 is 1.92. The van der Waals surface area contributed by atoms with Gasteiger partial charge in [0.25, 0.3) is 0 Å². The molecule has 0 saturated carbocycles. The second-order valence-electron chi connectivity index (χ2n) is 3.22. The van der Waals surface area contributed by atoms with Gasteiger partial charge >= 0.3 is 0 Å². The molecule has 0 spiro atoms. The van der Waals surface area contributed by atoms with Crippen molar-refractivity contribution in [2.75, 3.05) is 6.26 Å². The van der Waals surface area contributed by atoms with E-state index in [1.54, 1.807) is 11.8 Å². The van der Waals surface area contributed by atoms with E-state index in [1.165, 1.54) is 5.56 Å². The van der Waals surface area contributed by atoms with Crippen molar-refractivity contribution in [1.29, 1.82) is 0 Å². The lowest BCUT2D eigenvalue weighted by Gasteiger charge is -1.98. The molecule has 0 bridgehead atoms. The molecule has 0 saturated heterocycles. The maximum absolute atomic E-state index is 6.01. The molecule has 0 aromatic carbocycles. The molecule has 0 atom stereocenters. The van der Waals surface area contributed by atoms with Crippen molar-refractivity contribution in [3.8, 4) is 0 Å². The van der Waals surface area contributed by atoms with Crippen LogP contribution in [0.4, 0.5) is 0 Å². The Hall–Kier alpha value is -0.670. The molecule has 0 fully saturated rings. The topological polar surface area (TPSA) is 17.3 Å². The monoisotopic (exact) mass is 226 g/mol. The first kappa shape index (κ1) is 9.87. The van der Waals surface area contributed by atoms with Gasteiger partial charge in [-0.25, -0.2) is 4.98 Å². The first-order valence-corrected chi connectivity index (χ1v) is 6.11. The number of hydrogen-bond acceptors (Lipinski definition) is 2. The molecule has 0 radical (unpaired) electrons. The summed E-state index contributed by atoms with van der Waals surface area (Å²) in [6, 6.07) is 4.15. The number of imidazole rings is 1. The fraction of sp³-hybridized carbons (Fsp3) is 0.300. The summed E-state index contributed by atoms with van der Waals surface area (Å²) in [5.41, 5.74) is 3.41. The number of pyridine rings is 1. The van der Waals surface area contributed by atoms with E-state index >= 15 is 0 Å². The molecule has 2 rings (SSSR count). The highest BCUT2D eigenvalue weighted by atomic mass is 35.5. The van der Waals surface area contributed by atoms with Crippen LogP contribution in [0.3, 0.4) is 0 Å². The zero-order valence-corrected chi connectivity index (χ0v) is 9.69. The smallest absolute Gasteiger partial charge is 0.207 e. The number of aryl methyl sites for hydroxylation is 1. The summed E-state index contributed by atoms with van der Waals surface area (Å²) in [6.07, 6.45) is 4.03. The van der Waals surface area contributed by atoms with E-state index in [-0.39, 0.29) is 0 Å². The van der Waals surface area contributed by atoms with E-state index in [0.717, 1.165) is 17.0 Å².